The maximum absolute atomic E-state index is 8.64. The average molecular weight is 233 g/mol. The van der Waals surface area contributed by atoms with E-state index in [0.29, 0.717) is 0 Å². The zero-order valence-corrected chi connectivity index (χ0v) is 9.95. The summed E-state index contributed by atoms with van der Waals surface area (Å²) in [6, 6.07) is 6.32. The Labute approximate surface area is 101 Å². The number of imidazole rings is 1. The van der Waals surface area contributed by atoms with Crippen molar-refractivity contribution in [1.29, 1.82) is 0 Å². The summed E-state index contributed by atoms with van der Waals surface area (Å²) >= 11 is 0. The van der Waals surface area contributed by atoms with E-state index in [9.17, 15) is 0 Å². The Balaban J connectivity index is 1.75. The molecule has 0 spiro atoms. The van der Waals surface area contributed by atoms with Gasteiger partial charge in [-0.1, -0.05) is 6.07 Å². The smallest absolute Gasteiger partial charge is 0.0931 e. The summed E-state index contributed by atoms with van der Waals surface area (Å²) < 4.78 is 0. The van der Waals surface area contributed by atoms with Crippen molar-refractivity contribution in [2.75, 3.05) is 19.7 Å². The van der Waals surface area contributed by atoms with Gasteiger partial charge in [0.25, 0.3) is 0 Å². The van der Waals surface area contributed by atoms with Crippen LogP contribution in [0.3, 0.4) is 0 Å². The van der Waals surface area contributed by atoms with Crippen LogP contribution in [0.15, 0.2) is 24.5 Å². The highest BCUT2D eigenvalue weighted by Crippen LogP contribution is 2.11. The molecule has 4 heteroatoms. The summed E-state index contributed by atoms with van der Waals surface area (Å²) in [6.45, 7) is 2.25. The molecule has 0 saturated heterocycles. The molecule has 0 bridgehead atoms. The standard InChI is InChI=1S/C13H19N3O/c17-8-2-1-6-14-7-5-11-3-4-12-13(9-11)16-10-15-12/h3-4,9-10,14,17H,1-2,5-8H2,(H,15,16). The second-order valence-corrected chi connectivity index (χ2v) is 4.18. The molecule has 4 nitrogen and oxygen atoms in total. The SMILES string of the molecule is OCCCCNCCc1ccc2nc[nH]c2c1. The summed E-state index contributed by atoms with van der Waals surface area (Å²) in [5.74, 6) is 0. The molecule has 2 aromatic rings. The third kappa shape index (κ3) is 3.54. The number of nitrogens with one attached hydrogen (secondary N) is 2. The highest BCUT2D eigenvalue weighted by molar-refractivity contribution is 5.74. The van der Waals surface area contributed by atoms with Crippen molar-refractivity contribution >= 4 is 11.0 Å². The van der Waals surface area contributed by atoms with Gasteiger partial charge in [-0.15, -0.1) is 0 Å². The maximum atomic E-state index is 8.64. The average Bonchev–Trinajstić information content (AvgIpc) is 2.81. The van der Waals surface area contributed by atoms with Gasteiger partial charge in [-0.05, 0) is 50.0 Å². The molecule has 1 aromatic heterocycles. The van der Waals surface area contributed by atoms with Gasteiger partial charge in [-0.2, -0.15) is 0 Å². The van der Waals surface area contributed by atoms with Crippen molar-refractivity contribution in [1.82, 2.24) is 15.3 Å². The molecule has 3 N–H and O–H groups in total. The van der Waals surface area contributed by atoms with E-state index in [1.54, 1.807) is 6.33 Å². The number of nitrogens with zero attached hydrogens (tertiary/aromatic N) is 1. The molecule has 0 unspecified atom stereocenters. The third-order valence-electron chi connectivity index (χ3n) is 2.84. The Morgan fingerprint density at radius 2 is 2.18 bits per heavy atom. The molecule has 92 valence electrons. The van der Waals surface area contributed by atoms with E-state index < -0.39 is 0 Å². The van der Waals surface area contributed by atoms with E-state index in [1.807, 2.05) is 6.07 Å². The number of hydrogen-bond donors (Lipinski definition) is 3. The lowest BCUT2D eigenvalue weighted by atomic mass is 10.1. The van der Waals surface area contributed by atoms with Crippen LogP contribution in [0.25, 0.3) is 11.0 Å². The van der Waals surface area contributed by atoms with Crippen LogP contribution < -0.4 is 5.32 Å². The highest BCUT2D eigenvalue weighted by atomic mass is 16.2. The van der Waals surface area contributed by atoms with E-state index in [0.717, 1.165) is 43.4 Å². The minimum absolute atomic E-state index is 0.290. The Kier molecular flexibility index (Phi) is 4.53. The van der Waals surface area contributed by atoms with Gasteiger partial charge in [0, 0.05) is 6.61 Å². The zero-order chi connectivity index (χ0) is 11.9. The quantitative estimate of drug-likeness (QED) is 0.635. The molecule has 0 atom stereocenters. The van der Waals surface area contributed by atoms with E-state index >= 15 is 0 Å². The lowest BCUT2D eigenvalue weighted by Crippen LogP contribution is -2.18. The predicted molar refractivity (Wildman–Crippen MR) is 69.0 cm³/mol. The summed E-state index contributed by atoms with van der Waals surface area (Å²) in [7, 11) is 0. The lowest BCUT2D eigenvalue weighted by Gasteiger charge is -2.04. The molecule has 0 aliphatic rings. The molecule has 0 saturated carbocycles. The van der Waals surface area contributed by atoms with Crippen LogP contribution in [0.1, 0.15) is 18.4 Å². The molecule has 0 fully saturated rings. The van der Waals surface area contributed by atoms with Crippen LogP contribution >= 0.6 is 0 Å². The van der Waals surface area contributed by atoms with Crippen molar-refractivity contribution in [3.05, 3.63) is 30.1 Å². The van der Waals surface area contributed by atoms with Gasteiger partial charge < -0.3 is 15.4 Å². The van der Waals surface area contributed by atoms with Crippen LogP contribution in [-0.4, -0.2) is 34.8 Å². The number of benzene rings is 1. The molecule has 17 heavy (non-hydrogen) atoms. The maximum Gasteiger partial charge on any atom is 0.0931 e. The normalized spacial score (nSPS) is 11.1. The summed E-state index contributed by atoms with van der Waals surface area (Å²) in [5.41, 5.74) is 3.43. The minimum Gasteiger partial charge on any atom is -0.396 e. The van der Waals surface area contributed by atoms with Gasteiger partial charge in [-0.25, -0.2) is 4.98 Å². The molecule has 0 amide bonds. The summed E-state index contributed by atoms with van der Waals surface area (Å²) in [6.07, 6.45) is 4.67. The number of H-pyrrole nitrogens is 1. The number of aromatic amines is 1. The lowest BCUT2D eigenvalue weighted by molar-refractivity contribution is 0.284. The third-order valence-corrected chi connectivity index (χ3v) is 2.84. The number of hydrogen-bond acceptors (Lipinski definition) is 3. The van der Waals surface area contributed by atoms with Gasteiger partial charge in [-0.3, -0.25) is 0 Å². The van der Waals surface area contributed by atoms with Crippen LogP contribution in [-0.2, 0) is 6.42 Å². The summed E-state index contributed by atoms with van der Waals surface area (Å²) in [4.78, 5) is 7.31. The van der Waals surface area contributed by atoms with Crippen LogP contribution in [0.5, 0.6) is 0 Å². The number of aliphatic hydroxyl groups is 1. The molecular weight excluding hydrogens is 214 g/mol. The molecule has 1 aromatic carbocycles. The monoisotopic (exact) mass is 233 g/mol. The van der Waals surface area contributed by atoms with Crippen molar-refractivity contribution < 1.29 is 5.11 Å². The number of fused-ring (bicyclic) bond motifs is 1. The minimum atomic E-state index is 0.290. The molecular formula is C13H19N3O. The van der Waals surface area contributed by atoms with Gasteiger partial charge in [0.2, 0.25) is 0 Å². The Morgan fingerprint density at radius 3 is 3.06 bits per heavy atom. The first-order valence-electron chi connectivity index (χ1n) is 6.14. The second-order valence-electron chi connectivity index (χ2n) is 4.18. The van der Waals surface area contributed by atoms with Crippen LogP contribution in [0.4, 0.5) is 0 Å². The molecule has 0 aliphatic carbocycles. The van der Waals surface area contributed by atoms with Crippen molar-refractivity contribution in [3.63, 3.8) is 0 Å². The fraction of sp³-hybridized carbons (Fsp3) is 0.462. The Hall–Kier alpha value is -1.39. The number of aromatic nitrogens is 2. The van der Waals surface area contributed by atoms with Crippen LogP contribution in [0, 0.1) is 0 Å². The van der Waals surface area contributed by atoms with Gasteiger partial charge in [0.15, 0.2) is 0 Å². The largest absolute Gasteiger partial charge is 0.396 e. The first-order valence-corrected chi connectivity index (χ1v) is 6.14. The highest BCUT2D eigenvalue weighted by Gasteiger charge is 1.98. The van der Waals surface area contributed by atoms with Crippen molar-refractivity contribution in [2.24, 2.45) is 0 Å². The predicted octanol–water partition coefficient (Wildman–Crippen LogP) is 1.47. The van der Waals surface area contributed by atoms with Gasteiger partial charge in [0.05, 0.1) is 17.4 Å². The molecule has 1 heterocycles. The number of rotatable bonds is 7. The topological polar surface area (TPSA) is 60.9 Å². The van der Waals surface area contributed by atoms with Crippen molar-refractivity contribution in [3.8, 4) is 0 Å². The summed E-state index contributed by atoms with van der Waals surface area (Å²) in [5, 5.41) is 12.0. The zero-order valence-electron chi connectivity index (χ0n) is 9.95. The van der Waals surface area contributed by atoms with Gasteiger partial charge >= 0.3 is 0 Å². The second kappa shape index (κ2) is 6.37. The van der Waals surface area contributed by atoms with Crippen LogP contribution in [0.2, 0.25) is 0 Å². The molecule has 2 rings (SSSR count). The van der Waals surface area contributed by atoms with E-state index in [-0.39, 0.29) is 6.61 Å². The van der Waals surface area contributed by atoms with Crippen molar-refractivity contribution in [2.45, 2.75) is 19.3 Å². The first-order chi connectivity index (χ1) is 8.40. The fourth-order valence-corrected chi connectivity index (χ4v) is 1.86. The Morgan fingerprint density at radius 1 is 1.24 bits per heavy atom. The molecule has 0 radical (unpaired) electrons. The van der Waals surface area contributed by atoms with E-state index in [4.69, 9.17) is 5.11 Å². The fourth-order valence-electron chi connectivity index (χ4n) is 1.86. The number of aliphatic hydroxyl groups excluding tert-OH is 1. The number of unbranched alkanes of at least 4 members (excludes halogenated alkanes) is 1. The van der Waals surface area contributed by atoms with Gasteiger partial charge in [0.1, 0.15) is 0 Å². The van der Waals surface area contributed by atoms with E-state index in [1.165, 1.54) is 5.56 Å². The van der Waals surface area contributed by atoms with E-state index in [2.05, 4.69) is 27.4 Å². The first kappa shape index (κ1) is 12.1. The Bertz CT molecular complexity index is 453. The molecule has 0 aliphatic heterocycles.